The van der Waals surface area contributed by atoms with Crippen molar-refractivity contribution in [3.63, 3.8) is 0 Å². The van der Waals surface area contributed by atoms with Gasteiger partial charge in [0.1, 0.15) is 0 Å². The van der Waals surface area contributed by atoms with Crippen LogP contribution in [0.1, 0.15) is 35.1 Å². The summed E-state index contributed by atoms with van der Waals surface area (Å²) in [6.45, 7) is 2.41. The van der Waals surface area contributed by atoms with Crippen molar-refractivity contribution in [3.05, 3.63) is 150 Å². The number of nitrogens with zero attached hydrogens (tertiary/aromatic N) is 6. The van der Waals surface area contributed by atoms with Crippen molar-refractivity contribution in [1.29, 1.82) is 0 Å². The Hall–Kier alpha value is -5.28. The van der Waals surface area contributed by atoms with Gasteiger partial charge in [-0.2, -0.15) is 0 Å². The molecular weight excluding hydrogens is 834 g/mol. The number of benzene rings is 4. The molecule has 0 atom stereocenters. The molecule has 0 aliphatic rings. The summed E-state index contributed by atoms with van der Waals surface area (Å²) in [7, 11) is 0. The summed E-state index contributed by atoms with van der Waals surface area (Å²) >= 11 is 0. The largest absolute Gasteiger partial charge is 2.00 e. The zero-order valence-electron chi connectivity index (χ0n) is 27.5. The predicted octanol–water partition coefficient (Wildman–Crippen LogP) is 3.04. The van der Waals surface area contributed by atoms with E-state index in [2.05, 4.69) is 20.0 Å². The van der Waals surface area contributed by atoms with Crippen LogP contribution in [0.5, 0.6) is 23.0 Å². The zero-order chi connectivity index (χ0) is 37.0. The average Bonchev–Trinajstić information content (AvgIpc) is 3.07. The summed E-state index contributed by atoms with van der Waals surface area (Å²) in [4.78, 5) is 33.3. The van der Waals surface area contributed by atoms with E-state index in [1.807, 2.05) is 24.3 Å². The molecule has 0 heterocycles. The van der Waals surface area contributed by atoms with Crippen molar-refractivity contribution >= 4 is 24.9 Å². The second-order valence-corrected chi connectivity index (χ2v) is 9.45. The van der Waals surface area contributed by atoms with Gasteiger partial charge in [0.05, 0.1) is 10.2 Å². The molecule has 0 saturated heterocycles. The van der Waals surface area contributed by atoms with E-state index in [1.54, 1.807) is 73.4 Å². The van der Waals surface area contributed by atoms with Crippen molar-refractivity contribution < 1.29 is 81.8 Å². The topological polar surface area (TPSA) is 274 Å². The number of para-hydroxylation sites is 4. The molecule has 0 fully saturated rings. The number of aliphatic imine (C=N–C) groups is 4. The molecule has 0 amide bonds. The second-order valence-electron chi connectivity index (χ2n) is 9.45. The van der Waals surface area contributed by atoms with E-state index in [1.165, 1.54) is 24.3 Å². The van der Waals surface area contributed by atoms with Gasteiger partial charge >= 0.3 is 51.2 Å². The van der Waals surface area contributed by atoms with Crippen LogP contribution in [0.3, 0.4) is 0 Å². The molecule has 0 N–H and O–H groups in total. The van der Waals surface area contributed by atoms with E-state index in [9.17, 15) is 20.4 Å². The standard InChI is InChI=1S/2C17H18N2O2.2Cu.Mn.2NO3/c2*20-16-8-3-1-6-14(16)12-18-10-5-11-19-13-15-7-2-4-9-17(15)21;;;;2*2-1(3)4/h2*1-4,6-9,12-13,20-21H,5,10-11H2;;;;;/q;;3*+2;2*-1/p-4. The van der Waals surface area contributed by atoms with Gasteiger partial charge in [0.25, 0.3) is 0 Å². The fraction of sp³-hybridized carbons (Fsp3) is 0.176. The predicted molar refractivity (Wildman–Crippen MR) is 183 cm³/mol. The van der Waals surface area contributed by atoms with Crippen molar-refractivity contribution in [2.75, 3.05) is 26.2 Å². The van der Waals surface area contributed by atoms with Gasteiger partial charge in [-0.3, -0.25) is 20.0 Å². The van der Waals surface area contributed by atoms with Crippen molar-refractivity contribution in [2.45, 2.75) is 12.8 Å². The molecule has 0 saturated carbocycles. The van der Waals surface area contributed by atoms with Gasteiger partial charge in [-0.15, -0.1) is 23.0 Å². The number of rotatable bonds is 12. The molecule has 287 valence electrons. The third kappa shape index (κ3) is 27.1. The summed E-state index contributed by atoms with van der Waals surface area (Å²) in [5, 5.41) is 75.2. The second kappa shape index (κ2) is 32.6. The van der Waals surface area contributed by atoms with Gasteiger partial charge < -0.3 is 51.1 Å². The van der Waals surface area contributed by atoms with E-state index < -0.39 is 10.2 Å². The Morgan fingerprint density at radius 1 is 0.415 bits per heavy atom. The molecule has 0 aliphatic carbocycles. The first-order valence-electron chi connectivity index (χ1n) is 14.7. The molecule has 16 nitrogen and oxygen atoms in total. The van der Waals surface area contributed by atoms with Crippen LogP contribution in [-0.2, 0) is 51.2 Å². The smallest absolute Gasteiger partial charge is 0.872 e. The zero-order valence-corrected chi connectivity index (χ0v) is 30.6. The van der Waals surface area contributed by atoms with Crippen LogP contribution >= 0.6 is 0 Å². The monoisotopic (exact) mass is 865 g/mol. The minimum absolute atomic E-state index is 0. The Morgan fingerprint density at radius 2 is 0.585 bits per heavy atom. The SMILES string of the molecule is O=[N+]([O-])[O-].O=[N+]([O-])[O-].[Cu+2].[Cu+2].[Mn+2].[O-]c1ccccc1C=NCCCN=Cc1ccccc1[O-].[O-]c1ccccc1C=NCCCN=Cc1ccccc1[O-]. The quantitative estimate of drug-likeness (QED) is 0.0660. The summed E-state index contributed by atoms with van der Waals surface area (Å²) in [6, 6.07) is 27.2. The van der Waals surface area contributed by atoms with Gasteiger partial charge in [0.2, 0.25) is 0 Å². The van der Waals surface area contributed by atoms with Crippen LogP contribution < -0.4 is 20.4 Å². The first-order chi connectivity index (χ1) is 24.0. The molecule has 4 aromatic rings. The first-order valence-corrected chi connectivity index (χ1v) is 14.7. The van der Waals surface area contributed by atoms with Crippen LogP contribution in [0.25, 0.3) is 0 Å². The fourth-order valence-corrected chi connectivity index (χ4v) is 3.51. The summed E-state index contributed by atoms with van der Waals surface area (Å²) in [5.41, 5.74) is 2.39. The molecule has 0 spiro atoms. The van der Waals surface area contributed by atoms with Crippen LogP contribution in [0.15, 0.2) is 117 Å². The van der Waals surface area contributed by atoms with E-state index >= 15 is 0 Å². The van der Waals surface area contributed by atoms with Gasteiger partial charge in [0.15, 0.2) is 0 Å². The number of hydrogen-bond donors (Lipinski definition) is 0. The Kier molecular flexibility index (Phi) is 32.0. The Labute approximate surface area is 337 Å². The van der Waals surface area contributed by atoms with Crippen LogP contribution in [0, 0.1) is 30.6 Å². The molecule has 19 heteroatoms. The third-order valence-electron chi connectivity index (χ3n) is 5.75. The Bertz CT molecular complexity index is 1490. The van der Waals surface area contributed by atoms with Crippen molar-refractivity contribution in [2.24, 2.45) is 20.0 Å². The number of hydrogen-bond acceptors (Lipinski definition) is 14. The fourth-order valence-electron chi connectivity index (χ4n) is 3.51. The third-order valence-corrected chi connectivity index (χ3v) is 5.75. The molecule has 0 aromatic heterocycles. The van der Waals surface area contributed by atoms with Crippen LogP contribution in [0.4, 0.5) is 0 Å². The molecule has 0 unspecified atom stereocenters. The van der Waals surface area contributed by atoms with Gasteiger partial charge in [-0.25, -0.2) is 0 Å². The van der Waals surface area contributed by atoms with E-state index in [0.717, 1.165) is 12.8 Å². The minimum Gasteiger partial charge on any atom is -0.872 e. The first kappa shape index (κ1) is 52.1. The maximum atomic E-state index is 11.4. The van der Waals surface area contributed by atoms with Crippen LogP contribution in [-0.4, -0.2) is 61.2 Å². The van der Waals surface area contributed by atoms with Gasteiger partial charge in [-0.05, 0) is 35.1 Å². The van der Waals surface area contributed by atoms with E-state index in [-0.39, 0.29) is 74.2 Å². The molecule has 53 heavy (non-hydrogen) atoms. The molecule has 0 aliphatic heterocycles. The summed E-state index contributed by atoms with van der Waals surface area (Å²) in [5.74, 6) is -0.0877. The molecule has 3 radical (unpaired) electrons. The minimum atomic E-state index is -1.75. The Balaban J connectivity index is -0.000000749. The molecule has 0 bridgehead atoms. The van der Waals surface area contributed by atoms with Gasteiger partial charge in [-0.1, -0.05) is 97.1 Å². The van der Waals surface area contributed by atoms with Gasteiger partial charge in [0, 0.05) is 51.0 Å². The maximum Gasteiger partial charge on any atom is 2.00 e. The van der Waals surface area contributed by atoms with Crippen LogP contribution in [0.2, 0.25) is 0 Å². The molecular formula is C34H32Cu2MnN6O10. The van der Waals surface area contributed by atoms with Crippen molar-refractivity contribution in [3.8, 4) is 23.0 Å². The summed E-state index contributed by atoms with van der Waals surface area (Å²) < 4.78 is 0. The Morgan fingerprint density at radius 3 is 0.755 bits per heavy atom. The average molecular weight is 867 g/mol. The molecule has 4 rings (SSSR count). The van der Waals surface area contributed by atoms with E-state index in [4.69, 9.17) is 30.6 Å². The van der Waals surface area contributed by atoms with E-state index in [0.29, 0.717) is 48.4 Å². The molecule has 4 aromatic carbocycles. The van der Waals surface area contributed by atoms with Crippen molar-refractivity contribution in [1.82, 2.24) is 0 Å². The summed E-state index contributed by atoms with van der Waals surface area (Å²) in [6.07, 6.45) is 7.93. The normalized spacial score (nSPS) is 9.96. The maximum absolute atomic E-state index is 11.4.